The van der Waals surface area contributed by atoms with E-state index in [1.807, 2.05) is 19.9 Å². The minimum Gasteiger partial charge on any atom is -0.386 e. The lowest BCUT2D eigenvalue weighted by molar-refractivity contribution is -0.121. The molecule has 2 aromatic rings. The van der Waals surface area contributed by atoms with Crippen molar-refractivity contribution in [2.75, 3.05) is 11.3 Å². The van der Waals surface area contributed by atoms with Gasteiger partial charge >= 0.3 is 0 Å². The van der Waals surface area contributed by atoms with Crippen LogP contribution in [0.2, 0.25) is 5.02 Å². The van der Waals surface area contributed by atoms with Gasteiger partial charge in [-0.05, 0) is 56.2 Å². The second kappa shape index (κ2) is 9.94. The SMILES string of the molecule is Cc1ccc(NS(=O)(=O)Cc2ccccc2Cl)c(=O)n1CC(=O)NCC1=CC=C(N)NC1(C)C. The maximum absolute atomic E-state index is 13.0. The molecule has 1 amide bonds. The first-order valence-corrected chi connectivity index (χ1v) is 12.6. The normalized spacial score (nSPS) is 15.1. The molecule has 0 saturated heterocycles. The van der Waals surface area contributed by atoms with Gasteiger partial charge in [-0.2, -0.15) is 0 Å². The van der Waals surface area contributed by atoms with E-state index in [1.54, 1.807) is 43.3 Å². The van der Waals surface area contributed by atoms with E-state index in [1.165, 1.54) is 10.6 Å². The Bertz CT molecular complexity index is 1330. The van der Waals surface area contributed by atoms with Crippen molar-refractivity contribution in [1.82, 2.24) is 15.2 Å². The number of pyridine rings is 1. The first-order valence-electron chi connectivity index (χ1n) is 10.5. The Morgan fingerprint density at radius 1 is 1.18 bits per heavy atom. The quantitative estimate of drug-likeness (QED) is 0.433. The first-order chi connectivity index (χ1) is 15.9. The topological polar surface area (TPSA) is 135 Å². The monoisotopic (exact) mass is 505 g/mol. The molecule has 0 atom stereocenters. The summed E-state index contributed by atoms with van der Waals surface area (Å²) in [5, 5.41) is 6.26. The van der Waals surface area contributed by atoms with Crippen molar-refractivity contribution < 1.29 is 13.2 Å². The minimum absolute atomic E-state index is 0.147. The number of carbonyl (C=O) groups excluding carboxylic acids is 1. The van der Waals surface area contributed by atoms with Crippen LogP contribution in [0.5, 0.6) is 0 Å². The highest BCUT2D eigenvalue weighted by Gasteiger charge is 2.25. The van der Waals surface area contributed by atoms with Gasteiger partial charge in [-0.15, -0.1) is 0 Å². The molecule has 3 rings (SSSR count). The molecule has 1 aromatic heterocycles. The highest BCUT2D eigenvalue weighted by atomic mass is 35.5. The summed E-state index contributed by atoms with van der Waals surface area (Å²) < 4.78 is 28.8. The molecule has 5 N–H and O–H groups in total. The van der Waals surface area contributed by atoms with Crippen LogP contribution < -0.4 is 26.6 Å². The number of aromatic nitrogens is 1. The van der Waals surface area contributed by atoms with Gasteiger partial charge in [-0.1, -0.05) is 35.9 Å². The van der Waals surface area contributed by atoms with Crippen LogP contribution in [0.15, 0.2) is 64.7 Å². The number of dihydropyridines is 1. The first kappa shape index (κ1) is 25.4. The average molecular weight is 506 g/mol. The molecule has 9 nitrogen and oxygen atoms in total. The second-order valence-corrected chi connectivity index (χ2v) is 10.7. The van der Waals surface area contributed by atoms with Crippen LogP contribution in [0, 0.1) is 6.92 Å². The maximum atomic E-state index is 13.0. The predicted molar refractivity (Wildman–Crippen MR) is 134 cm³/mol. The van der Waals surface area contributed by atoms with Crippen molar-refractivity contribution in [1.29, 1.82) is 0 Å². The fourth-order valence-electron chi connectivity index (χ4n) is 3.52. The number of hydrogen-bond acceptors (Lipinski definition) is 6. The number of hydrogen-bond donors (Lipinski definition) is 4. The molecular formula is C23H28ClN5O4S. The standard InChI is InChI=1S/C23H28ClN5O4S/c1-15-8-10-19(28-34(32,33)14-16-6-4-5-7-18(16)24)22(31)29(15)13-21(30)26-12-17-9-11-20(25)27-23(17,2)3/h4-11,27-28H,12-14,25H2,1-3H3,(H,26,30). The predicted octanol–water partition coefficient (Wildman–Crippen LogP) is 1.98. The Balaban J connectivity index is 1.72. The van der Waals surface area contributed by atoms with E-state index < -0.39 is 26.9 Å². The molecule has 34 heavy (non-hydrogen) atoms. The Kier molecular flexibility index (Phi) is 7.42. The van der Waals surface area contributed by atoms with E-state index in [4.69, 9.17) is 17.3 Å². The van der Waals surface area contributed by atoms with Gasteiger partial charge < -0.3 is 20.9 Å². The number of nitrogens with one attached hydrogen (secondary N) is 3. The van der Waals surface area contributed by atoms with Crippen LogP contribution in [0.1, 0.15) is 25.1 Å². The van der Waals surface area contributed by atoms with Crippen LogP contribution in [-0.2, 0) is 27.1 Å². The van der Waals surface area contributed by atoms with Gasteiger partial charge in [-0.3, -0.25) is 14.3 Å². The van der Waals surface area contributed by atoms with E-state index >= 15 is 0 Å². The van der Waals surface area contributed by atoms with Gasteiger partial charge in [0, 0.05) is 17.3 Å². The summed E-state index contributed by atoms with van der Waals surface area (Å²) >= 11 is 6.06. The largest absolute Gasteiger partial charge is 0.386 e. The van der Waals surface area contributed by atoms with Crippen LogP contribution in [0.4, 0.5) is 5.69 Å². The van der Waals surface area contributed by atoms with Gasteiger partial charge in [-0.25, -0.2) is 8.42 Å². The number of anilines is 1. The molecule has 182 valence electrons. The molecule has 1 aromatic carbocycles. The lowest BCUT2D eigenvalue weighted by Crippen LogP contribution is -2.47. The van der Waals surface area contributed by atoms with Crippen LogP contribution in [0.3, 0.4) is 0 Å². The van der Waals surface area contributed by atoms with Crippen molar-refractivity contribution in [2.45, 2.75) is 38.6 Å². The summed E-state index contributed by atoms with van der Waals surface area (Å²) in [5.41, 5.74) is 6.45. The molecule has 0 fully saturated rings. The lowest BCUT2D eigenvalue weighted by atomic mass is 9.91. The van der Waals surface area contributed by atoms with Crippen LogP contribution >= 0.6 is 11.6 Å². The number of halogens is 1. The van der Waals surface area contributed by atoms with Crippen molar-refractivity contribution >= 4 is 33.2 Å². The van der Waals surface area contributed by atoms with E-state index in [0.717, 1.165) is 5.57 Å². The third kappa shape index (κ3) is 6.21. The molecule has 0 saturated carbocycles. The van der Waals surface area contributed by atoms with E-state index in [2.05, 4.69) is 15.4 Å². The zero-order chi connectivity index (χ0) is 25.1. The van der Waals surface area contributed by atoms with E-state index in [9.17, 15) is 18.0 Å². The number of amides is 1. The van der Waals surface area contributed by atoms with Crippen LogP contribution in [0.25, 0.3) is 0 Å². The minimum atomic E-state index is -3.91. The molecule has 0 aliphatic carbocycles. The summed E-state index contributed by atoms with van der Waals surface area (Å²) in [6.45, 7) is 5.56. The van der Waals surface area contributed by atoms with Crippen molar-refractivity contribution in [3.63, 3.8) is 0 Å². The Morgan fingerprint density at radius 3 is 2.56 bits per heavy atom. The number of benzene rings is 1. The van der Waals surface area contributed by atoms with E-state index in [-0.39, 0.29) is 24.7 Å². The fraction of sp³-hybridized carbons (Fsp3) is 0.304. The third-order valence-corrected chi connectivity index (χ3v) is 7.05. The van der Waals surface area contributed by atoms with Gasteiger partial charge in [0.1, 0.15) is 12.2 Å². The second-order valence-electron chi connectivity index (χ2n) is 8.57. The molecule has 1 aliphatic heterocycles. The summed E-state index contributed by atoms with van der Waals surface area (Å²) in [6, 6.07) is 9.53. The number of nitrogens with two attached hydrogens (primary N) is 1. The highest BCUT2D eigenvalue weighted by molar-refractivity contribution is 7.91. The summed E-state index contributed by atoms with van der Waals surface area (Å²) in [7, 11) is -3.91. The summed E-state index contributed by atoms with van der Waals surface area (Å²) in [5.74, 6) is -0.241. The zero-order valence-corrected chi connectivity index (χ0v) is 20.8. The number of rotatable bonds is 8. The summed E-state index contributed by atoms with van der Waals surface area (Å²) in [4.78, 5) is 25.6. The molecule has 0 unspecified atom stereocenters. The third-order valence-electron chi connectivity index (χ3n) is 5.46. The zero-order valence-electron chi connectivity index (χ0n) is 19.2. The molecule has 1 aliphatic rings. The van der Waals surface area contributed by atoms with Crippen molar-refractivity contribution in [3.05, 3.63) is 86.6 Å². The maximum Gasteiger partial charge on any atom is 0.275 e. The Hall–Kier alpha value is -3.24. The van der Waals surface area contributed by atoms with Gasteiger partial charge in [0.2, 0.25) is 15.9 Å². The average Bonchev–Trinajstić information content (AvgIpc) is 2.73. The summed E-state index contributed by atoms with van der Waals surface area (Å²) in [6.07, 6.45) is 3.57. The lowest BCUT2D eigenvalue weighted by Gasteiger charge is -2.33. The van der Waals surface area contributed by atoms with E-state index in [0.29, 0.717) is 22.1 Å². The van der Waals surface area contributed by atoms with Gasteiger partial charge in [0.15, 0.2) is 0 Å². The number of allylic oxidation sites excluding steroid dienone is 2. The number of carbonyl (C=O) groups is 1. The number of aryl methyl sites for hydroxylation is 1. The van der Waals surface area contributed by atoms with Crippen molar-refractivity contribution in [3.8, 4) is 0 Å². The van der Waals surface area contributed by atoms with Crippen molar-refractivity contribution in [2.24, 2.45) is 5.73 Å². The number of sulfonamides is 1. The molecule has 11 heteroatoms. The van der Waals surface area contributed by atoms with Crippen LogP contribution in [-0.4, -0.2) is 31.0 Å². The fourth-order valence-corrected chi connectivity index (χ4v) is 5.03. The van der Waals surface area contributed by atoms with Gasteiger partial charge in [0.25, 0.3) is 5.56 Å². The molecule has 0 spiro atoms. The molecule has 0 radical (unpaired) electrons. The van der Waals surface area contributed by atoms with Gasteiger partial charge in [0.05, 0.1) is 17.1 Å². The highest BCUT2D eigenvalue weighted by Crippen LogP contribution is 2.20. The Morgan fingerprint density at radius 2 is 1.88 bits per heavy atom. The Labute approximate surface area is 203 Å². The molecule has 2 heterocycles. The smallest absolute Gasteiger partial charge is 0.275 e. The molecule has 0 bridgehead atoms. The number of nitrogens with zero attached hydrogens (tertiary/aromatic N) is 1. The molecular weight excluding hydrogens is 478 g/mol.